The summed E-state index contributed by atoms with van der Waals surface area (Å²) in [5, 5.41) is 4.98. The maximum atomic E-state index is 11.9. The van der Waals surface area contributed by atoms with E-state index in [1.54, 1.807) is 11.3 Å². The largest absolute Gasteiger partial charge is 0.355 e. The van der Waals surface area contributed by atoms with E-state index in [4.69, 9.17) is 0 Å². The molecule has 0 radical (unpaired) electrons. The van der Waals surface area contributed by atoms with Crippen molar-refractivity contribution in [2.45, 2.75) is 32.7 Å². The number of nitrogens with one attached hydrogen (secondary N) is 1. The Balaban J connectivity index is 1.56. The van der Waals surface area contributed by atoms with E-state index in [2.05, 4.69) is 46.9 Å². The average molecular weight is 327 g/mol. The first-order valence-electron chi connectivity index (χ1n) is 7.88. The zero-order valence-corrected chi connectivity index (χ0v) is 14.3. The fraction of sp³-hybridized carbons (Fsp3) is 0.333. The number of carbonyl (C=O) groups excluding carboxylic acids is 1. The van der Waals surface area contributed by atoms with Gasteiger partial charge in [0.2, 0.25) is 5.91 Å². The second-order valence-electron chi connectivity index (χ2n) is 5.92. The topological polar surface area (TPSA) is 46.9 Å². The summed E-state index contributed by atoms with van der Waals surface area (Å²) in [5.74, 6) is 0.0811. The lowest BCUT2D eigenvalue weighted by molar-refractivity contribution is -0.120. The number of fused-ring (bicyclic) bond motifs is 1. The van der Waals surface area contributed by atoms with Crippen LogP contribution in [0.25, 0.3) is 11.0 Å². The molecule has 0 atom stereocenters. The third-order valence-electron chi connectivity index (χ3n) is 3.85. The van der Waals surface area contributed by atoms with E-state index in [0.29, 0.717) is 19.0 Å². The summed E-state index contributed by atoms with van der Waals surface area (Å²) in [7, 11) is 0. The molecule has 0 spiro atoms. The fourth-order valence-electron chi connectivity index (χ4n) is 2.62. The highest BCUT2D eigenvalue weighted by molar-refractivity contribution is 7.10. The number of nitrogens with zero attached hydrogens (tertiary/aromatic N) is 2. The number of amides is 1. The number of imidazole rings is 1. The maximum absolute atomic E-state index is 11.9. The van der Waals surface area contributed by atoms with Gasteiger partial charge in [-0.25, -0.2) is 4.98 Å². The second kappa shape index (κ2) is 6.96. The summed E-state index contributed by atoms with van der Waals surface area (Å²) >= 11 is 1.62. The first-order valence-corrected chi connectivity index (χ1v) is 8.76. The number of thiophene rings is 1. The first kappa shape index (κ1) is 15.7. The van der Waals surface area contributed by atoms with Crippen LogP contribution in [-0.4, -0.2) is 22.0 Å². The van der Waals surface area contributed by atoms with Gasteiger partial charge in [0.25, 0.3) is 0 Å². The molecule has 2 aromatic heterocycles. The molecule has 2 heterocycles. The summed E-state index contributed by atoms with van der Waals surface area (Å²) in [6.45, 7) is 4.96. The molecule has 4 nitrogen and oxygen atoms in total. The van der Waals surface area contributed by atoms with Crippen molar-refractivity contribution in [2.24, 2.45) is 0 Å². The molecule has 3 aromatic rings. The highest BCUT2D eigenvalue weighted by Gasteiger charge is 2.07. The van der Waals surface area contributed by atoms with Crippen LogP contribution in [0.15, 0.2) is 42.0 Å². The summed E-state index contributed by atoms with van der Waals surface area (Å²) < 4.78 is 2.17. The predicted octanol–water partition coefficient (Wildman–Crippen LogP) is 3.58. The number of hydrogen-bond acceptors (Lipinski definition) is 3. The highest BCUT2D eigenvalue weighted by Crippen LogP contribution is 2.19. The number of hydrogen-bond donors (Lipinski definition) is 1. The van der Waals surface area contributed by atoms with Gasteiger partial charge >= 0.3 is 0 Å². The molecule has 0 aliphatic carbocycles. The summed E-state index contributed by atoms with van der Waals surface area (Å²) in [5.41, 5.74) is 3.37. The molecule has 0 saturated carbocycles. The van der Waals surface area contributed by atoms with Crippen molar-refractivity contribution >= 4 is 28.3 Å². The van der Waals surface area contributed by atoms with Gasteiger partial charge in [-0.1, -0.05) is 12.1 Å². The summed E-state index contributed by atoms with van der Waals surface area (Å²) in [6, 6.07) is 10.7. The van der Waals surface area contributed by atoms with Crippen LogP contribution in [0.5, 0.6) is 0 Å². The molecule has 0 saturated heterocycles. The van der Waals surface area contributed by atoms with Gasteiger partial charge in [-0.15, -0.1) is 11.3 Å². The standard InChI is InChI=1S/C18H21N3OS/c1-13(2)21-12-20-16-10-14(5-6-17(16)21)7-8-19-18(22)11-15-4-3-9-23-15/h3-6,9-10,12-13H,7-8,11H2,1-2H3,(H,19,22). The van der Waals surface area contributed by atoms with Crippen LogP contribution in [-0.2, 0) is 17.6 Å². The molecule has 120 valence electrons. The number of benzene rings is 1. The van der Waals surface area contributed by atoms with Crippen LogP contribution < -0.4 is 5.32 Å². The first-order chi connectivity index (χ1) is 11.1. The SMILES string of the molecule is CC(C)n1cnc2cc(CCNC(=O)Cc3cccs3)ccc21. The molecule has 3 rings (SSSR count). The molecule has 0 fully saturated rings. The van der Waals surface area contributed by atoms with Gasteiger partial charge in [0, 0.05) is 17.5 Å². The highest BCUT2D eigenvalue weighted by atomic mass is 32.1. The minimum Gasteiger partial charge on any atom is -0.355 e. The van der Waals surface area contributed by atoms with Gasteiger partial charge in [-0.05, 0) is 49.4 Å². The van der Waals surface area contributed by atoms with Crippen LogP contribution in [0.4, 0.5) is 0 Å². The number of rotatable bonds is 6. The van der Waals surface area contributed by atoms with Crippen LogP contribution in [0.2, 0.25) is 0 Å². The van der Waals surface area contributed by atoms with Crippen LogP contribution in [0, 0.1) is 0 Å². The van der Waals surface area contributed by atoms with Crippen molar-refractivity contribution in [2.75, 3.05) is 6.54 Å². The van der Waals surface area contributed by atoms with E-state index in [1.807, 2.05) is 23.8 Å². The van der Waals surface area contributed by atoms with Crippen LogP contribution in [0.3, 0.4) is 0 Å². The van der Waals surface area contributed by atoms with Crippen LogP contribution >= 0.6 is 11.3 Å². The van der Waals surface area contributed by atoms with Crippen molar-refractivity contribution in [3.63, 3.8) is 0 Å². The predicted molar refractivity (Wildman–Crippen MR) is 94.9 cm³/mol. The average Bonchev–Trinajstić information content (AvgIpc) is 3.15. The Hall–Kier alpha value is -2.14. The molecule has 1 amide bonds. The minimum atomic E-state index is 0.0811. The third-order valence-corrected chi connectivity index (χ3v) is 4.72. The normalized spacial score (nSPS) is 11.3. The Kier molecular flexibility index (Phi) is 4.76. The molecule has 0 aliphatic heterocycles. The van der Waals surface area contributed by atoms with E-state index in [1.165, 1.54) is 5.56 Å². The molecule has 5 heteroatoms. The van der Waals surface area contributed by atoms with Crippen molar-refractivity contribution in [3.8, 4) is 0 Å². The Morgan fingerprint density at radius 3 is 2.96 bits per heavy atom. The molecule has 0 bridgehead atoms. The quantitative estimate of drug-likeness (QED) is 0.752. The number of aromatic nitrogens is 2. The van der Waals surface area contributed by atoms with Crippen molar-refractivity contribution in [3.05, 3.63) is 52.5 Å². The Morgan fingerprint density at radius 2 is 2.22 bits per heavy atom. The Labute approximate surface area is 140 Å². The molecule has 23 heavy (non-hydrogen) atoms. The smallest absolute Gasteiger partial charge is 0.225 e. The van der Waals surface area contributed by atoms with Gasteiger partial charge in [0.15, 0.2) is 0 Å². The lowest BCUT2D eigenvalue weighted by atomic mass is 10.1. The lowest BCUT2D eigenvalue weighted by Crippen LogP contribution is -2.26. The van der Waals surface area contributed by atoms with E-state index in [9.17, 15) is 4.79 Å². The molecule has 1 aromatic carbocycles. The zero-order chi connectivity index (χ0) is 16.2. The molecule has 0 unspecified atom stereocenters. The van der Waals surface area contributed by atoms with Gasteiger partial charge < -0.3 is 9.88 Å². The summed E-state index contributed by atoms with van der Waals surface area (Å²) in [4.78, 5) is 17.4. The fourth-order valence-corrected chi connectivity index (χ4v) is 3.33. The van der Waals surface area contributed by atoms with Crippen LogP contribution in [0.1, 0.15) is 30.3 Å². The molecular weight excluding hydrogens is 306 g/mol. The van der Waals surface area contributed by atoms with Gasteiger partial charge in [0.05, 0.1) is 23.8 Å². The minimum absolute atomic E-state index is 0.0811. The molecule has 0 aliphatic rings. The molecular formula is C18H21N3OS. The summed E-state index contributed by atoms with van der Waals surface area (Å²) in [6.07, 6.45) is 3.18. The van der Waals surface area contributed by atoms with E-state index in [0.717, 1.165) is 22.3 Å². The van der Waals surface area contributed by atoms with Gasteiger partial charge in [-0.3, -0.25) is 4.79 Å². The monoisotopic (exact) mass is 327 g/mol. The number of carbonyl (C=O) groups is 1. The van der Waals surface area contributed by atoms with Crippen molar-refractivity contribution < 1.29 is 4.79 Å². The second-order valence-corrected chi connectivity index (χ2v) is 6.96. The Morgan fingerprint density at radius 1 is 1.35 bits per heavy atom. The van der Waals surface area contributed by atoms with Gasteiger partial charge in [-0.2, -0.15) is 0 Å². The van der Waals surface area contributed by atoms with Gasteiger partial charge in [0.1, 0.15) is 0 Å². The lowest BCUT2D eigenvalue weighted by Gasteiger charge is -2.08. The zero-order valence-electron chi connectivity index (χ0n) is 13.5. The maximum Gasteiger partial charge on any atom is 0.225 e. The van der Waals surface area contributed by atoms with E-state index < -0.39 is 0 Å². The van der Waals surface area contributed by atoms with Crippen molar-refractivity contribution in [1.82, 2.24) is 14.9 Å². The van der Waals surface area contributed by atoms with E-state index >= 15 is 0 Å². The Bertz CT molecular complexity index is 790. The van der Waals surface area contributed by atoms with E-state index in [-0.39, 0.29) is 5.91 Å². The third kappa shape index (κ3) is 3.79. The van der Waals surface area contributed by atoms with Crippen molar-refractivity contribution in [1.29, 1.82) is 0 Å². The molecule has 1 N–H and O–H groups in total.